The molecule has 0 bridgehead atoms. The van der Waals surface area contributed by atoms with Crippen molar-refractivity contribution in [2.75, 3.05) is 6.61 Å². The van der Waals surface area contributed by atoms with Crippen LogP contribution in [0.1, 0.15) is 50.6 Å². The third-order valence-corrected chi connectivity index (χ3v) is 5.55. The highest BCUT2D eigenvalue weighted by Crippen LogP contribution is 2.41. The van der Waals surface area contributed by atoms with Gasteiger partial charge in [-0.25, -0.2) is 8.42 Å². The summed E-state index contributed by atoms with van der Waals surface area (Å²) in [5, 5.41) is 6.97. The summed E-state index contributed by atoms with van der Waals surface area (Å²) in [4.78, 5) is 5.01. The first-order valence-corrected chi connectivity index (χ1v) is 8.72. The Balaban J connectivity index is 2.49. The maximum Gasteiger partial charge on any atom is 0.433 e. The monoisotopic (exact) mass is 369 g/mol. The van der Waals surface area contributed by atoms with Crippen molar-refractivity contribution < 1.29 is 31.2 Å². The van der Waals surface area contributed by atoms with Crippen molar-refractivity contribution in [2.24, 2.45) is 5.16 Å². The Labute approximate surface area is 137 Å². The summed E-state index contributed by atoms with van der Waals surface area (Å²) in [6.07, 6.45) is -4.82. The molecule has 0 amide bonds. The number of hydrogen-bond donors (Lipinski definition) is 1. The van der Waals surface area contributed by atoms with Gasteiger partial charge in [0.2, 0.25) is 15.7 Å². The SMILES string of the molecule is CCOc1n[nH]c(C(F)(F)F)c1C(C)S(=O)(=O)C1=NOC(C)(C)C1. The fourth-order valence-corrected chi connectivity index (χ4v) is 3.92. The molecule has 0 saturated carbocycles. The van der Waals surface area contributed by atoms with Crippen LogP contribution in [0.2, 0.25) is 0 Å². The van der Waals surface area contributed by atoms with Gasteiger partial charge in [-0.05, 0) is 27.7 Å². The largest absolute Gasteiger partial charge is 0.477 e. The van der Waals surface area contributed by atoms with Gasteiger partial charge < -0.3 is 9.57 Å². The Kier molecular flexibility index (Phi) is 4.59. The maximum atomic E-state index is 13.2. The van der Waals surface area contributed by atoms with Crippen molar-refractivity contribution in [1.82, 2.24) is 10.2 Å². The zero-order valence-corrected chi connectivity index (χ0v) is 14.4. The number of aromatic amines is 1. The topological polar surface area (TPSA) is 93.6 Å². The van der Waals surface area contributed by atoms with Crippen LogP contribution in [0.4, 0.5) is 13.2 Å². The van der Waals surface area contributed by atoms with Gasteiger partial charge >= 0.3 is 6.18 Å². The molecule has 0 fully saturated rings. The van der Waals surface area contributed by atoms with Crippen LogP contribution in [0.25, 0.3) is 0 Å². The second-order valence-electron chi connectivity index (χ2n) is 5.95. The lowest BCUT2D eigenvalue weighted by Crippen LogP contribution is -2.26. The van der Waals surface area contributed by atoms with E-state index < -0.39 is 38.1 Å². The molecule has 1 unspecified atom stereocenters. The van der Waals surface area contributed by atoms with Gasteiger partial charge in [0.25, 0.3) is 0 Å². The number of halogens is 3. The van der Waals surface area contributed by atoms with E-state index in [1.165, 1.54) is 0 Å². The zero-order valence-electron chi connectivity index (χ0n) is 13.6. The summed E-state index contributed by atoms with van der Waals surface area (Å²) < 4.78 is 69.9. The summed E-state index contributed by atoms with van der Waals surface area (Å²) in [6, 6.07) is 0. The van der Waals surface area contributed by atoms with Crippen molar-refractivity contribution in [3.63, 3.8) is 0 Å². The van der Waals surface area contributed by atoms with E-state index in [0.29, 0.717) is 0 Å². The number of hydrogen-bond acceptors (Lipinski definition) is 6. The van der Waals surface area contributed by atoms with E-state index >= 15 is 0 Å². The molecule has 1 atom stereocenters. The van der Waals surface area contributed by atoms with Gasteiger partial charge in [-0.15, -0.1) is 5.10 Å². The zero-order chi connectivity index (χ0) is 18.3. The van der Waals surface area contributed by atoms with Gasteiger partial charge in [0.1, 0.15) is 11.3 Å². The number of ether oxygens (including phenoxy) is 1. The maximum absolute atomic E-state index is 13.2. The highest BCUT2D eigenvalue weighted by atomic mass is 32.2. The normalized spacial score (nSPS) is 18.9. The minimum atomic E-state index is -4.80. The second-order valence-corrected chi connectivity index (χ2v) is 8.22. The van der Waals surface area contributed by atoms with Gasteiger partial charge in [-0.3, -0.25) is 5.10 Å². The van der Waals surface area contributed by atoms with Gasteiger partial charge in [0.15, 0.2) is 5.04 Å². The van der Waals surface area contributed by atoms with E-state index in [1.54, 1.807) is 20.8 Å². The second kappa shape index (κ2) is 5.94. The van der Waals surface area contributed by atoms with Crippen LogP contribution in [0.15, 0.2) is 5.16 Å². The molecular weight excluding hydrogens is 351 g/mol. The van der Waals surface area contributed by atoms with Crippen LogP contribution in [0, 0.1) is 0 Å². The molecule has 2 heterocycles. The smallest absolute Gasteiger partial charge is 0.433 e. The summed E-state index contributed by atoms with van der Waals surface area (Å²) >= 11 is 0. The quantitative estimate of drug-likeness (QED) is 0.881. The average molecular weight is 369 g/mol. The standard InChI is InChI=1S/C13H18F3N3O4S/c1-5-22-11-9(10(17-18-11)13(14,15)16)7(2)24(20,21)8-6-12(3,4)23-19-8/h7H,5-6H2,1-4H3,(H,17,18). The molecule has 0 spiro atoms. The highest BCUT2D eigenvalue weighted by molar-refractivity contribution is 8.06. The predicted molar refractivity (Wildman–Crippen MR) is 79.3 cm³/mol. The fourth-order valence-electron chi connectivity index (χ4n) is 2.29. The first-order chi connectivity index (χ1) is 10.9. The number of oxime groups is 1. The van der Waals surface area contributed by atoms with E-state index in [0.717, 1.165) is 6.92 Å². The molecule has 1 aliphatic rings. The minimum Gasteiger partial charge on any atom is -0.477 e. The molecule has 11 heteroatoms. The molecule has 0 saturated heterocycles. The summed E-state index contributed by atoms with van der Waals surface area (Å²) in [5.74, 6) is -0.389. The van der Waals surface area contributed by atoms with Crippen LogP contribution < -0.4 is 4.74 Å². The van der Waals surface area contributed by atoms with E-state index in [2.05, 4.69) is 10.3 Å². The molecule has 0 aliphatic carbocycles. The van der Waals surface area contributed by atoms with Crippen molar-refractivity contribution in [1.29, 1.82) is 0 Å². The lowest BCUT2D eigenvalue weighted by molar-refractivity contribution is -0.141. The predicted octanol–water partition coefficient (Wildman–Crippen LogP) is 2.82. The molecule has 2 rings (SSSR count). The molecule has 24 heavy (non-hydrogen) atoms. The first kappa shape index (κ1) is 18.6. The first-order valence-electron chi connectivity index (χ1n) is 7.17. The average Bonchev–Trinajstić information content (AvgIpc) is 3.01. The third-order valence-electron chi connectivity index (χ3n) is 3.51. The van der Waals surface area contributed by atoms with Crippen molar-refractivity contribution in [2.45, 2.75) is 51.1 Å². The lowest BCUT2D eigenvalue weighted by Gasteiger charge is -2.17. The van der Waals surface area contributed by atoms with Crippen LogP contribution in [0.5, 0.6) is 5.88 Å². The Bertz CT molecular complexity index is 753. The molecule has 1 aliphatic heterocycles. The summed E-state index contributed by atoms with van der Waals surface area (Å²) in [5.41, 5.74) is -2.63. The van der Waals surface area contributed by atoms with Crippen molar-refractivity contribution >= 4 is 14.9 Å². The summed E-state index contributed by atoms with van der Waals surface area (Å²) in [6.45, 7) is 6.01. The number of sulfone groups is 1. The number of H-pyrrole nitrogens is 1. The number of alkyl halides is 3. The number of rotatable bonds is 4. The molecule has 7 nitrogen and oxygen atoms in total. The highest BCUT2D eigenvalue weighted by Gasteiger charge is 2.45. The number of nitrogens with zero attached hydrogens (tertiary/aromatic N) is 2. The van der Waals surface area contributed by atoms with E-state index in [-0.39, 0.29) is 24.0 Å². The van der Waals surface area contributed by atoms with Gasteiger partial charge in [-0.2, -0.15) is 13.2 Å². The fraction of sp³-hybridized carbons (Fsp3) is 0.692. The van der Waals surface area contributed by atoms with Crippen LogP contribution >= 0.6 is 0 Å². The number of nitrogens with one attached hydrogen (secondary N) is 1. The van der Waals surface area contributed by atoms with Crippen LogP contribution in [0.3, 0.4) is 0 Å². The van der Waals surface area contributed by atoms with Crippen molar-refractivity contribution in [3.05, 3.63) is 11.3 Å². The Hall–Kier alpha value is -1.78. The van der Waals surface area contributed by atoms with E-state index in [4.69, 9.17) is 9.57 Å². The molecular formula is C13H18F3N3O4S. The number of aromatic nitrogens is 2. The van der Waals surface area contributed by atoms with Crippen LogP contribution in [-0.4, -0.2) is 35.9 Å². The van der Waals surface area contributed by atoms with Gasteiger partial charge in [0, 0.05) is 6.42 Å². The Morgan fingerprint density at radius 3 is 2.50 bits per heavy atom. The van der Waals surface area contributed by atoms with Crippen LogP contribution in [-0.2, 0) is 20.9 Å². The molecule has 0 radical (unpaired) electrons. The van der Waals surface area contributed by atoms with E-state index in [9.17, 15) is 21.6 Å². The Morgan fingerprint density at radius 2 is 2.04 bits per heavy atom. The van der Waals surface area contributed by atoms with Gasteiger partial charge in [0.05, 0.1) is 17.4 Å². The molecule has 1 aromatic heterocycles. The lowest BCUT2D eigenvalue weighted by atomic mass is 10.1. The van der Waals surface area contributed by atoms with E-state index in [1.807, 2.05) is 5.10 Å². The molecule has 1 N–H and O–H groups in total. The molecule has 0 aromatic carbocycles. The molecule has 136 valence electrons. The van der Waals surface area contributed by atoms with Gasteiger partial charge in [-0.1, -0.05) is 5.16 Å². The third kappa shape index (κ3) is 3.35. The molecule has 1 aromatic rings. The summed E-state index contributed by atoms with van der Waals surface area (Å²) in [7, 11) is -4.17. The van der Waals surface area contributed by atoms with Crippen molar-refractivity contribution in [3.8, 4) is 5.88 Å². The Morgan fingerprint density at radius 1 is 1.42 bits per heavy atom. The minimum absolute atomic E-state index is 0.0250.